The van der Waals surface area contributed by atoms with E-state index in [9.17, 15) is 0 Å². The number of rotatable bonds is 15. The Bertz CT molecular complexity index is 745. The molecule has 0 N–H and O–H groups in total. The van der Waals surface area contributed by atoms with Gasteiger partial charge in [0.05, 0.1) is 0 Å². The Hall–Kier alpha value is -2.34. The first kappa shape index (κ1) is 27.7. The minimum Gasteiger partial charge on any atom is -0.0958 e. The van der Waals surface area contributed by atoms with Crippen molar-refractivity contribution in [3.8, 4) is 0 Å². The lowest BCUT2D eigenvalue weighted by molar-refractivity contribution is 0.454. The standard InChI is InChI=1S/C30H44/c1-12-22(4)15-17-24(6)25(7)19-20-26(8)28(10)21-30(14-3)29(11)27(9)18-16-23(5)13-2/h16,18-22,24H,5,7-15,17H2,1-4,6H3/b18-16-,20-19-,30-21-. The lowest BCUT2D eigenvalue weighted by Gasteiger charge is -2.15. The number of hydrogen-bond acceptors (Lipinski definition) is 0. The van der Waals surface area contributed by atoms with E-state index in [0.717, 1.165) is 57.8 Å². The van der Waals surface area contributed by atoms with Crippen molar-refractivity contribution in [2.45, 2.75) is 66.7 Å². The predicted octanol–water partition coefficient (Wildman–Crippen LogP) is 9.64. The first-order valence-electron chi connectivity index (χ1n) is 11.3. The average molecular weight is 405 g/mol. The van der Waals surface area contributed by atoms with Crippen molar-refractivity contribution in [2.24, 2.45) is 11.8 Å². The van der Waals surface area contributed by atoms with E-state index in [-0.39, 0.29) is 0 Å². The Morgan fingerprint density at radius 2 is 1.30 bits per heavy atom. The van der Waals surface area contributed by atoms with Gasteiger partial charge in [0, 0.05) is 0 Å². The van der Waals surface area contributed by atoms with Gasteiger partial charge in [0.2, 0.25) is 0 Å². The molecule has 0 saturated carbocycles. The maximum Gasteiger partial charge on any atom is -0.0196 e. The molecule has 0 aliphatic heterocycles. The molecule has 164 valence electrons. The van der Waals surface area contributed by atoms with E-state index in [2.05, 4.69) is 86.2 Å². The van der Waals surface area contributed by atoms with Gasteiger partial charge in [-0.3, -0.25) is 0 Å². The maximum atomic E-state index is 4.25. The van der Waals surface area contributed by atoms with Gasteiger partial charge in [0.25, 0.3) is 0 Å². The monoisotopic (exact) mass is 404 g/mol. The van der Waals surface area contributed by atoms with Gasteiger partial charge in [-0.15, -0.1) is 0 Å². The van der Waals surface area contributed by atoms with Crippen molar-refractivity contribution in [1.29, 1.82) is 0 Å². The molecule has 0 aromatic rings. The smallest absolute Gasteiger partial charge is 0.0196 e. The highest BCUT2D eigenvalue weighted by atomic mass is 14.1. The molecule has 2 atom stereocenters. The lowest BCUT2D eigenvalue weighted by atomic mass is 9.91. The van der Waals surface area contributed by atoms with Gasteiger partial charge in [-0.05, 0) is 59.0 Å². The molecule has 0 fully saturated rings. The van der Waals surface area contributed by atoms with Gasteiger partial charge < -0.3 is 0 Å². The van der Waals surface area contributed by atoms with Gasteiger partial charge in [0.1, 0.15) is 0 Å². The SMILES string of the molecule is C=C(/C=C\C(=C)C(=C)/C(=C\C(=C)C(=C)/C=C\C(=C)C(C)CCC(C)CC)CC)CC. The van der Waals surface area contributed by atoms with E-state index in [1.807, 2.05) is 18.2 Å². The van der Waals surface area contributed by atoms with Gasteiger partial charge >= 0.3 is 0 Å². The lowest BCUT2D eigenvalue weighted by Crippen LogP contribution is -2.00. The molecule has 0 aliphatic rings. The second-order valence-electron chi connectivity index (χ2n) is 8.32. The zero-order valence-electron chi connectivity index (χ0n) is 20.3. The summed E-state index contributed by atoms with van der Waals surface area (Å²) in [5.41, 5.74) is 6.95. The summed E-state index contributed by atoms with van der Waals surface area (Å²) < 4.78 is 0. The molecule has 0 aromatic carbocycles. The molecule has 0 heterocycles. The molecule has 0 radical (unpaired) electrons. The summed E-state index contributed by atoms with van der Waals surface area (Å²) in [6.07, 6.45) is 15.6. The minimum absolute atomic E-state index is 0.478. The van der Waals surface area contributed by atoms with Crippen LogP contribution in [0.3, 0.4) is 0 Å². The fraction of sp³-hybridized carbons (Fsp3) is 0.400. The molecule has 0 nitrogen and oxygen atoms in total. The van der Waals surface area contributed by atoms with E-state index in [1.54, 1.807) is 0 Å². The Labute approximate surface area is 187 Å². The van der Waals surface area contributed by atoms with Crippen LogP contribution >= 0.6 is 0 Å². The molecule has 0 rings (SSSR count). The third kappa shape index (κ3) is 10.4. The highest BCUT2D eigenvalue weighted by molar-refractivity contribution is 5.54. The Morgan fingerprint density at radius 3 is 1.83 bits per heavy atom. The maximum absolute atomic E-state index is 4.25. The molecule has 0 aliphatic carbocycles. The molecule has 0 aromatic heterocycles. The summed E-state index contributed by atoms with van der Waals surface area (Å²) in [6, 6.07) is 0. The van der Waals surface area contributed by atoms with Crippen LogP contribution in [0.4, 0.5) is 0 Å². The van der Waals surface area contributed by atoms with Crippen LogP contribution in [0.25, 0.3) is 0 Å². The van der Waals surface area contributed by atoms with Crippen LogP contribution in [0.15, 0.2) is 109 Å². The van der Waals surface area contributed by atoms with Crippen molar-refractivity contribution in [1.82, 2.24) is 0 Å². The second kappa shape index (κ2) is 14.6. The quantitative estimate of drug-likeness (QED) is 0.238. The fourth-order valence-electron chi connectivity index (χ4n) is 2.75. The summed E-state index contributed by atoms with van der Waals surface area (Å²) in [4.78, 5) is 0. The van der Waals surface area contributed by atoms with Crippen molar-refractivity contribution in [2.75, 3.05) is 0 Å². The molecule has 0 saturated heterocycles. The highest BCUT2D eigenvalue weighted by Crippen LogP contribution is 2.25. The van der Waals surface area contributed by atoms with Crippen LogP contribution in [0, 0.1) is 11.8 Å². The van der Waals surface area contributed by atoms with E-state index < -0.39 is 0 Å². The zero-order chi connectivity index (χ0) is 23.3. The van der Waals surface area contributed by atoms with Crippen molar-refractivity contribution >= 4 is 0 Å². The van der Waals surface area contributed by atoms with Gasteiger partial charge in [0.15, 0.2) is 0 Å². The number of allylic oxidation sites excluding steroid dienone is 12. The van der Waals surface area contributed by atoms with Crippen molar-refractivity contribution in [3.63, 3.8) is 0 Å². The first-order valence-corrected chi connectivity index (χ1v) is 11.3. The minimum atomic E-state index is 0.478. The molecular formula is C30H44. The summed E-state index contributed by atoms with van der Waals surface area (Å²) >= 11 is 0. The third-order valence-electron chi connectivity index (χ3n) is 5.81. The van der Waals surface area contributed by atoms with Crippen LogP contribution in [0.5, 0.6) is 0 Å². The molecule has 30 heavy (non-hydrogen) atoms. The summed E-state index contributed by atoms with van der Waals surface area (Å²) in [6.45, 7) is 36.0. The van der Waals surface area contributed by atoms with Crippen LogP contribution < -0.4 is 0 Å². The number of hydrogen-bond donors (Lipinski definition) is 0. The van der Waals surface area contributed by atoms with E-state index in [4.69, 9.17) is 0 Å². The summed E-state index contributed by atoms with van der Waals surface area (Å²) in [7, 11) is 0. The Morgan fingerprint density at radius 1 is 0.700 bits per heavy atom. The molecular weight excluding hydrogens is 360 g/mol. The van der Waals surface area contributed by atoms with Crippen LogP contribution in [-0.4, -0.2) is 0 Å². The van der Waals surface area contributed by atoms with Crippen LogP contribution in [-0.2, 0) is 0 Å². The van der Waals surface area contributed by atoms with Gasteiger partial charge in [-0.2, -0.15) is 0 Å². The van der Waals surface area contributed by atoms with E-state index in [0.29, 0.717) is 5.92 Å². The normalized spacial score (nSPS) is 14.0. The second-order valence-corrected chi connectivity index (χ2v) is 8.32. The molecule has 0 bridgehead atoms. The largest absolute Gasteiger partial charge is 0.0958 e. The summed E-state index contributed by atoms with van der Waals surface area (Å²) in [5.74, 6) is 1.25. The topological polar surface area (TPSA) is 0 Å². The van der Waals surface area contributed by atoms with Crippen LogP contribution in [0.1, 0.15) is 66.7 Å². The van der Waals surface area contributed by atoms with Gasteiger partial charge in [-0.25, -0.2) is 0 Å². The van der Waals surface area contributed by atoms with E-state index >= 15 is 0 Å². The van der Waals surface area contributed by atoms with Crippen molar-refractivity contribution in [3.05, 3.63) is 109 Å². The molecule has 0 amide bonds. The molecule has 0 spiro atoms. The first-order chi connectivity index (χ1) is 14.1. The van der Waals surface area contributed by atoms with Crippen molar-refractivity contribution < 1.29 is 0 Å². The fourth-order valence-corrected chi connectivity index (χ4v) is 2.75. The Kier molecular flexibility index (Phi) is 13.5. The predicted molar refractivity (Wildman–Crippen MR) is 140 cm³/mol. The zero-order valence-corrected chi connectivity index (χ0v) is 20.3. The van der Waals surface area contributed by atoms with Gasteiger partial charge in [-0.1, -0.05) is 128 Å². The van der Waals surface area contributed by atoms with Crippen LogP contribution in [0.2, 0.25) is 0 Å². The molecule has 0 heteroatoms. The summed E-state index contributed by atoms with van der Waals surface area (Å²) in [5, 5.41) is 0. The van der Waals surface area contributed by atoms with E-state index in [1.165, 1.54) is 19.3 Å². The highest BCUT2D eigenvalue weighted by Gasteiger charge is 2.08. The molecule has 2 unspecified atom stereocenters. The average Bonchev–Trinajstić information content (AvgIpc) is 2.75. The Balaban J connectivity index is 5.05. The third-order valence-corrected chi connectivity index (χ3v) is 5.81.